The summed E-state index contributed by atoms with van der Waals surface area (Å²) in [5, 5.41) is 12.9. The second kappa shape index (κ2) is 16.4. The molecule has 2 fully saturated rings. The molecule has 4 amide bonds. The van der Waals surface area contributed by atoms with Crippen LogP contribution in [0.1, 0.15) is 65.1 Å². The number of aryl methyl sites for hydroxylation is 3. The molecular weight excluding hydrogens is 810 g/mol. The summed E-state index contributed by atoms with van der Waals surface area (Å²) in [5.41, 5.74) is 4.88. The molecule has 2 aliphatic rings. The number of amides is 4. The van der Waals surface area contributed by atoms with E-state index in [1.165, 1.54) is 36.8 Å². The second-order valence-corrected chi connectivity index (χ2v) is 16.0. The van der Waals surface area contributed by atoms with Gasteiger partial charge in [-0.1, -0.05) is 18.2 Å². The summed E-state index contributed by atoms with van der Waals surface area (Å²) in [6, 6.07) is 19.9. The normalized spacial score (nSPS) is 16.2. The number of imidazole rings is 1. The zero-order valence-corrected chi connectivity index (χ0v) is 34.8. The van der Waals surface area contributed by atoms with Crippen molar-refractivity contribution in [3.8, 4) is 16.9 Å². The van der Waals surface area contributed by atoms with Crippen molar-refractivity contribution in [3.63, 3.8) is 0 Å². The molecule has 4 aromatic heterocycles. The summed E-state index contributed by atoms with van der Waals surface area (Å²) in [7, 11) is 3.25. The van der Waals surface area contributed by atoms with Crippen molar-refractivity contribution in [1.29, 1.82) is 0 Å². The highest BCUT2D eigenvalue weighted by molar-refractivity contribution is 6.11. The molecule has 7 aromatic rings. The molecule has 63 heavy (non-hydrogen) atoms. The van der Waals surface area contributed by atoms with Crippen LogP contribution in [0.2, 0.25) is 0 Å². The molecule has 0 spiro atoms. The molecule has 3 aromatic carbocycles. The van der Waals surface area contributed by atoms with E-state index in [9.17, 15) is 28.8 Å². The molecule has 1 unspecified atom stereocenters. The summed E-state index contributed by atoms with van der Waals surface area (Å²) >= 11 is 0. The van der Waals surface area contributed by atoms with Crippen LogP contribution >= 0.6 is 0 Å². The van der Waals surface area contributed by atoms with E-state index in [1.54, 1.807) is 20.3 Å². The second-order valence-electron chi connectivity index (χ2n) is 16.0. The van der Waals surface area contributed by atoms with Gasteiger partial charge in [0.2, 0.25) is 11.8 Å². The van der Waals surface area contributed by atoms with Crippen molar-refractivity contribution in [3.05, 3.63) is 129 Å². The molecule has 2 aliphatic heterocycles. The third-order valence-electron chi connectivity index (χ3n) is 12.1. The summed E-state index contributed by atoms with van der Waals surface area (Å²) in [6.45, 7) is 4.41. The molecule has 2 saturated heterocycles. The predicted octanol–water partition coefficient (Wildman–Crippen LogP) is 4.02. The number of aromatic nitrogens is 7. The van der Waals surface area contributed by atoms with E-state index >= 15 is 4.39 Å². The first-order valence-electron chi connectivity index (χ1n) is 20.8. The van der Waals surface area contributed by atoms with Gasteiger partial charge in [-0.25, -0.2) is 28.2 Å². The van der Waals surface area contributed by atoms with Gasteiger partial charge in [0.1, 0.15) is 18.2 Å². The van der Waals surface area contributed by atoms with Gasteiger partial charge in [-0.15, -0.1) is 0 Å². The summed E-state index contributed by atoms with van der Waals surface area (Å²) in [4.78, 5) is 83.9. The maximum Gasteiger partial charge on any atom is 0.350 e. The predicted molar refractivity (Wildman–Crippen MR) is 232 cm³/mol. The van der Waals surface area contributed by atoms with Gasteiger partial charge in [0.05, 0.1) is 27.8 Å². The third-order valence-corrected chi connectivity index (χ3v) is 12.1. The molecule has 0 aliphatic carbocycles. The van der Waals surface area contributed by atoms with Crippen LogP contribution < -0.4 is 27.3 Å². The fraction of sp³-hybridized carbons (Fsp3) is 0.289. The summed E-state index contributed by atoms with van der Waals surface area (Å²) < 4.78 is 22.8. The maximum atomic E-state index is 15.2. The van der Waals surface area contributed by atoms with Gasteiger partial charge in [-0.3, -0.25) is 38.5 Å². The first-order chi connectivity index (χ1) is 30.4. The van der Waals surface area contributed by atoms with Crippen molar-refractivity contribution in [1.82, 2.24) is 48.6 Å². The SMILES string of the molecule is CCn1c(-c2ccc(-n3cnn(C)c3=O)cc2)cc2ccnc(C(=O)Nc3ccc(F)c(C(=O)NC4CCN(Cc5ccc6c(c5)n(C)c(=O)n6C5CCC(=O)NC5=O)CC4)c3)c21. The van der Waals surface area contributed by atoms with E-state index in [0.717, 1.165) is 28.3 Å². The Labute approximate surface area is 358 Å². The van der Waals surface area contributed by atoms with E-state index in [-0.39, 0.29) is 53.1 Å². The highest BCUT2D eigenvalue weighted by atomic mass is 19.1. The maximum absolute atomic E-state index is 15.2. The van der Waals surface area contributed by atoms with E-state index in [2.05, 4.69) is 30.9 Å². The lowest BCUT2D eigenvalue weighted by Crippen LogP contribution is -2.44. The first-order valence-corrected chi connectivity index (χ1v) is 20.8. The van der Waals surface area contributed by atoms with Crippen LogP contribution in [-0.2, 0) is 36.8 Å². The number of pyridine rings is 1. The van der Waals surface area contributed by atoms with Crippen LogP contribution in [0.5, 0.6) is 0 Å². The molecule has 0 bridgehead atoms. The zero-order chi connectivity index (χ0) is 44.1. The lowest BCUT2D eigenvalue weighted by molar-refractivity contribution is -0.135. The van der Waals surface area contributed by atoms with Crippen LogP contribution in [0.15, 0.2) is 94.9 Å². The Morgan fingerprint density at radius 2 is 1.65 bits per heavy atom. The third kappa shape index (κ3) is 7.62. The lowest BCUT2D eigenvalue weighted by Gasteiger charge is -2.32. The number of hydrogen-bond donors (Lipinski definition) is 3. The Morgan fingerprint density at radius 3 is 2.37 bits per heavy atom. The van der Waals surface area contributed by atoms with Crippen LogP contribution in [0.4, 0.5) is 10.1 Å². The molecule has 17 nitrogen and oxygen atoms in total. The molecule has 18 heteroatoms. The Kier molecular flexibility index (Phi) is 10.7. The smallest absolute Gasteiger partial charge is 0.349 e. The number of carbonyl (C=O) groups excluding carboxylic acids is 4. The van der Waals surface area contributed by atoms with Crippen LogP contribution in [0.25, 0.3) is 38.9 Å². The number of rotatable bonds is 10. The Morgan fingerprint density at radius 1 is 0.873 bits per heavy atom. The number of nitrogens with one attached hydrogen (secondary N) is 3. The summed E-state index contributed by atoms with van der Waals surface area (Å²) in [6.07, 6.45) is 4.69. The van der Waals surface area contributed by atoms with Gasteiger partial charge >= 0.3 is 11.4 Å². The standard InChI is InChI=1S/C45H44FN11O6/c1-4-55-36(27-6-9-31(10-7-27)56-25-48-53(3)45(56)63)22-28-15-18-47-39(40(28)55)43(61)50-30-8-11-33(46)32(23-30)41(59)49-29-16-19-54(20-17-29)24-26-5-12-34-37(21-26)52(2)44(62)57(34)35-13-14-38(58)51-42(35)60/h5-12,15,18,21-23,25,29,35H,4,13-14,16-17,19-20,24H2,1-3H3,(H,49,59)(H,50,61)(H,51,58,60). The van der Waals surface area contributed by atoms with Crippen molar-refractivity contribution < 1.29 is 23.6 Å². The number of halogens is 1. The largest absolute Gasteiger partial charge is 0.350 e. The van der Waals surface area contributed by atoms with E-state index in [4.69, 9.17) is 0 Å². The minimum Gasteiger partial charge on any atom is -0.349 e. The number of hydrogen-bond acceptors (Lipinski definition) is 9. The van der Waals surface area contributed by atoms with Gasteiger partial charge in [0, 0.05) is 75.7 Å². The van der Waals surface area contributed by atoms with Gasteiger partial charge in [-0.05, 0) is 91.9 Å². The molecule has 3 N–H and O–H groups in total. The first kappa shape index (κ1) is 40.9. The van der Waals surface area contributed by atoms with Gasteiger partial charge in [0.15, 0.2) is 5.69 Å². The number of imide groups is 1. The van der Waals surface area contributed by atoms with Gasteiger partial charge in [0.25, 0.3) is 11.8 Å². The van der Waals surface area contributed by atoms with E-state index in [0.29, 0.717) is 61.3 Å². The fourth-order valence-electron chi connectivity index (χ4n) is 8.76. The number of piperidine rings is 2. The zero-order valence-electron chi connectivity index (χ0n) is 34.8. The number of likely N-dealkylation sites (tertiary alicyclic amines) is 1. The molecule has 1 atom stereocenters. The van der Waals surface area contributed by atoms with Gasteiger partial charge in [-0.2, -0.15) is 5.10 Å². The average molecular weight is 854 g/mol. The molecule has 0 saturated carbocycles. The van der Waals surface area contributed by atoms with Crippen LogP contribution in [0.3, 0.4) is 0 Å². The van der Waals surface area contributed by atoms with E-state index in [1.807, 2.05) is 66.1 Å². The van der Waals surface area contributed by atoms with Crippen LogP contribution in [0, 0.1) is 5.82 Å². The fourth-order valence-corrected chi connectivity index (χ4v) is 8.76. The monoisotopic (exact) mass is 853 g/mol. The molecule has 322 valence electrons. The summed E-state index contributed by atoms with van der Waals surface area (Å²) in [5.74, 6) is -2.65. The van der Waals surface area contributed by atoms with Crippen molar-refractivity contribution >= 4 is 51.3 Å². The highest BCUT2D eigenvalue weighted by Crippen LogP contribution is 2.31. The number of anilines is 1. The molecule has 6 heterocycles. The average Bonchev–Trinajstić information content (AvgIpc) is 3.91. The number of benzene rings is 3. The molecular formula is C45H44FN11O6. The minimum absolute atomic E-state index is 0.163. The Balaban J connectivity index is 0.845. The van der Waals surface area contributed by atoms with Crippen molar-refractivity contribution in [2.75, 3.05) is 18.4 Å². The quantitative estimate of drug-likeness (QED) is 0.171. The molecule has 0 radical (unpaired) electrons. The number of carbonyl (C=O) groups is 4. The Hall–Kier alpha value is -7.47. The number of nitrogens with zero attached hydrogens (tertiary/aromatic N) is 8. The van der Waals surface area contributed by atoms with E-state index < -0.39 is 29.6 Å². The Bertz CT molecular complexity index is 3100. The highest BCUT2D eigenvalue weighted by Gasteiger charge is 2.32. The lowest BCUT2D eigenvalue weighted by atomic mass is 10.0. The van der Waals surface area contributed by atoms with Crippen molar-refractivity contribution in [2.24, 2.45) is 14.1 Å². The number of fused-ring (bicyclic) bond motifs is 2. The molecule has 9 rings (SSSR count). The van der Waals surface area contributed by atoms with Gasteiger partial charge < -0.3 is 15.2 Å². The van der Waals surface area contributed by atoms with Crippen LogP contribution in [-0.4, -0.2) is 80.7 Å². The topological polar surface area (TPSA) is 192 Å². The van der Waals surface area contributed by atoms with Crippen molar-refractivity contribution in [2.45, 2.75) is 57.8 Å². The minimum atomic E-state index is -0.757.